The highest BCUT2D eigenvalue weighted by Crippen LogP contribution is 2.30. The molecule has 0 unspecified atom stereocenters. The van der Waals surface area contributed by atoms with Crippen LogP contribution >= 0.6 is 11.3 Å². The van der Waals surface area contributed by atoms with Crippen LogP contribution < -0.4 is 9.54 Å². The van der Waals surface area contributed by atoms with Gasteiger partial charge in [-0.15, -0.1) is 0 Å². The predicted octanol–water partition coefficient (Wildman–Crippen LogP) is 4.60. The number of fused-ring (bicyclic) bond motifs is 1. The third kappa shape index (κ3) is 4.93. The summed E-state index contributed by atoms with van der Waals surface area (Å²) in [5.41, 5.74) is 3.20. The van der Waals surface area contributed by atoms with Gasteiger partial charge in [-0.05, 0) is 55.3 Å². The SMILES string of the molecule is CCn1c(=NC(=O)c2ccc(S(=O)(=O)N(C)Cc3ccccc3)cc2)sc2c(C)ccc(OC)c21. The van der Waals surface area contributed by atoms with Crippen molar-refractivity contribution in [1.82, 2.24) is 8.87 Å². The molecule has 0 N–H and O–H groups in total. The zero-order valence-electron chi connectivity index (χ0n) is 20.1. The molecule has 0 atom stereocenters. The molecule has 9 heteroatoms. The Morgan fingerprint density at radius 2 is 1.74 bits per heavy atom. The zero-order chi connectivity index (χ0) is 25.2. The number of thiazole rings is 1. The molecule has 4 rings (SSSR count). The summed E-state index contributed by atoms with van der Waals surface area (Å²) in [5, 5.41) is 0. The van der Waals surface area contributed by atoms with Crippen LogP contribution in [0.2, 0.25) is 0 Å². The van der Waals surface area contributed by atoms with Crippen LogP contribution in [0.1, 0.15) is 28.4 Å². The van der Waals surface area contributed by atoms with Crippen LogP contribution in [-0.2, 0) is 23.1 Å². The Hall–Kier alpha value is -3.27. The lowest BCUT2D eigenvalue weighted by Crippen LogP contribution is -2.26. The molecule has 0 radical (unpaired) electrons. The number of carbonyl (C=O) groups is 1. The molecule has 1 heterocycles. The molecule has 0 saturated heterocycles. The molecule has 4 aromatic rings. The molecule has 182 valence electrons. The van der Waals surface area contributed by atoms with Gasteiger partial charge in [0.25, 0.3) is 5.91 Å². The lowest BCUT2D eigenvalue weighted by molar-refractivity contribution is 0.0997. The maximum Gasteiger partial charge on any atom is 0.279 e. The van der Waals surface area contributed by atoms with E-state index in [1.807, 2.05) is 60.9 Å². The number of amides is 1. The van der Waals surface area contributed by atoms with Crippen molar-refractivity contribution in [1.29, 1.82) is 0 Å². The first kappa shape index (κ1) is 24.8. The largest absolute Gasteiger partial charge is 0.495 e. The molecule has 1 aromatic heterocycles. The number of ether oxygens (including phenoxy) is 1. The Morgan fingerprint density at radius 1 is 1.06 bits per heavy atom. The summed E-state index contributed by atoms with van der Waals surface area (Å²) in [7, 11) is -0.542. The Morgan fingerprint density at radius 3 is 2.37 bits per heavy atom. The molecule has 35 heavy (non-hydrogen) atoms. The summed E-state index contributed by atoms with van der Waals surface area (Å²) >= 11 is 1.43. The Bertz CT molecular complexity index is 1540. The fraction of sp³-hybridized carbons (Fsp3) is 0.231. The number of methoxy groups -OCH3 is 1. The second-order valence-electron chi connectivity index (χ2n) is 8.08. The smallest absolute Gasteiger partial charge is 0.279 e. The zero-order valence-corrected chi connectivity index (χ0v) is 21.7. The van der Waals surface area contributed by atoms with Gasteiger partial charge < -0.3 is 9.30 Å². The van der Waals surface area contributed by atoms with Crippen molar-refractivity contribution < 1.29 is 17.9 Å². The quantitative estimate of drug-likeness (QED) is 0.365. The van der Waals surface area contributed by atoms with E-state index < -0.39 is 15.9 Å². The lowest BCUT2D eigenvalue weighted by atomic mass is 10.2. The highest BCUT2D eigenvalue weighted by Gasteiger charge is 2.21. The number of nitrogens with zero attached hydrogens (tertiary/aromatic N) is 3. The Labute approximate surface area is 209 Å². The molecular formula is C26H27N3O4S2. The summed E-state index contributed by atoms with van der Waals surface area (Å²) in [6.07, 6.45) is 0. The van der Waals surface area contributed by atoms with Gasteiger partial charge in [0.15, 0.2) is 4.80 Å². The maximum atomic E-state index is 13.0. The van der Waals surface area contributed by atoms with E-state index in [1.54, 1.807) is 7.11 Å². The molecule has 0 aliphatic rings. The van der Waals surface area contributed by atoms with Gasteiger partial charge in [-0.3, -0.25) is 4.79 Å². The summed E-state index contributed by atoms with van der Waals surface area (Å²) in [4.78, 5) is 18.0. The second kappa shape index (κ2) is 10.2. The van der Waals surface area contributed by atoms with Gasteiger partial charge >= 0.3 is 0 Å². The molecule has 1 amide bonds. The summed E-state index contributed by atoms with van der Waals surface area (Å²) in [5.74, 6) is 0.295. The number of carbonyl (C=O) groups excluding carboxylic acids is 1. The van der Waals surface area contributed by atoms with E-state index in [2.05, 4.69) is 4.99 Å². The molecule has 0 aliphatic carbocycles. The molecule has 0 spiro atoms. The van der Waals surface area contributed by atoms with Crippen LogP contribution in [0.25, 0.3) is 10.2 Å². The number of benzene rings is 3. The van der Waals surface area contributed by atoms with Gasteiger partial charge in [-0.2, -0.15) is 9.30 Å². The number of rotatable bonds is 7. The normalized spacial score (nSPS) is 12.4. The van der Waals surface area contributed by atoms with Gasteiger partial charge in [0.2, 0.25) is 10.0 Å². The molecule has 0 bridgehead atoms. The Kier molecular flexibility index (Phi) is 7.20. The molecular weight excluding hydrogens is 482 g/mol. The number of hydrogen-bond donors (Lipinski definition) is 0. The van der Waals surface area contributed by atoms with Gasteiger partial charge in [-0.1, -0.05) is 47.7 Å². The van der Waals surface area contributed by atoms with Crippen LogP contribution in [0.15, 0.2) is 76.6 Å². The van der Waals surface area contributed by atoms with Gasteiger partial charge in [0.05, 0.1) is 16.7 Å². The number of hydrogen-bond acceptors (Lipinski definition) is 5. The van der Waals surface area contributed by atoms with E-state index in [4.69, 9.17) is 4.74 Å². The first-order valence-electron chi connectivity index (χ1n) is 11.1. The van der Waals surface area contributed by atoms with Crippen molar-refractivity contribution in [3.63, 3.8) is 0 Å². The van der Waals surface area contributed by atoms with E-state index >= 15 is 0 Å². The van der Waals surface area contributed by atoms with Gasteiger partial charge in [0.1, 0.15) is 11.3 Å². The Balaban J connectivity index is 1.63. The fourth-order valence-corrected chi connectivity index (χ4v) is 6.19. The second-order valence-corrected chi connectivity index (χ2v) is 11.1. The van der Waals surface area contributed by atoms with Crippen molar-refractivity contribution in [3.8, 4) is 5.75 Å². The van der Waals surface area contributed by atoms with Crippen molar-refractivity contribution in [2.24, 2.45) is 4.99 Å². The fourth-order valence-electron chi connectivity index (χ4n) is 3.85. The number of aromatic nitrogens is 1. The monoisotopic (exact) mass is 509 g/mol. The van der Waals surface area contributed by atoms with Crippen LogP contribution in [0.3, 0.4) is 0 Å². The van der Waals surface area contributed by atoms with E-state index in [0.717, 1.165) is 27.1 Å². The average molecular weight is 510 g/mol. The topological polar surface area (TPSA) is 81.0 Å². The van der Waals surface area contributed by atoms with Crippen molar-refractivity contribution in [2.75, 3.05) is 14.2 Å². The highest BCUT2D eigenvalue weighted by molar-refractivity contribution is 7.89. The van der Waals surface area contributed by atoms with Gasteiger partial charge in [-0.25, -0.2) is 8.42 Å². The van der Waals surface area contributed by atoms with Crippen LogP contribution in [0, 0.1) is 6.92 Å². The van der Waals surface area contributed by atoms with Crippen molar-refractivity contribution in [3.05, 3.63) is 88.2 Å². The van der Waals surface area contributed by atoms with Crippen LogP contribution in [0.4, 0.5) is 0 Å². The van der Waals surface area contributed by atoms with Crippen molar-refractivity contribution >= 4 is 37.5 Å². The van der Waals surface area contributed by atoms with Crippen LogP contribution in [-0.4, -0.2) is 37.4 Å². The molecule has 7 nitrogen and oxygen atoms in total. The summed E-state index contributed by atoms with van der Waals surface area (Å²) in [6, 6.07) is 19.2. The molecule has 3 aromatic carbocycles. The van der Waals surface area contributed by atoms with Crippen LogP contribution in [0.5, 0.6) is 5.75 Å². The van der Waals surface area contributed by atoms with E-state index in [0.29, 0.717) is 16.9 Å². The molecule has 0 fully saturated rings. The molecule has 0 saturated carbocycles. The van der Waals surface area contributed by atoms with E-state index in [1.165, 1.54) is 47.0 Å². The van der Waals surface area contributed by atoms with Crippen molar-refractivity contribution in [2.45, 2.75) is 31.8 Å². The standard InChI is InChI=1S/C26H27N3O4S2/c1-5-29-23-22(33-4)16-11-18(2)24(23)34-26(29)27-25(30)20-12-14-21(15-13-20)35(31,32)28(3)17-19-9-7-6-8-10-19/h6-16H,5,17H2,1-4H3. The average Bonchev–Trinajstić information content (AvgIpc) is 3.23. The van der Waals surface area contributed by atoms with E-state index in [-0.39, 0.29) is 11.4 Å². The third-order valence-corrected chi connectivity index (χ3v) is 8.81. The number of aryl methyl sites for hydroxylation is 2. The number of sulfonamides is 1. The molecule has 0 aliphatic heterocycles. The van der Waals surface area contributed by atoms with E-state index in [9.17, 15) is 13.2 Å². The minimum Gasteiger partial charge on any atom is -0.495 e. The summed E-state index contributed by atoms with van der Waals surface area (Å²) in [6.45, 7) is 4.88. The summed E-state index contributed by atoms with van der Waals surface area (Å²) < 4.78 is 35.8. The lowest BCUT2D eigenvalue weighted by Gasteiger charge is -2.17. The van der Waals surface area contributed by atoms with Gasteiger partial charge in [0, 0.05) is 25.7 Å². The minimum absolute atomic E-state index is 0.123. The minimum atomic E-state index is -3.70. The third-order valence-electron chi connectivity index (χ3n) is 5.78. The first-order valence-corrected chi connectivity index (χ1v) is 13.4. The highest BCUT2D eigenvalue weighted by atomic mass is 32.2. The first-order chi connectivity index (χ1) is 16.8. The maximum absolute atomic E-state index is 13.0. The predicted molar refractivity (Wildman–Crippen MR) is 138 cm³/mol.